The van der Waals surface area contributed by atoms with Crippen LogP contribution in [-0.2, 0) is 33.1 Å². The number of aliphatic carboxylic acids is 1. The van der Waals surface area contributed by atoms with Crippen LogP contribution in [0.25, 0.3) is 0 Å². The van der Waals surface area contributed by atoms with Crippen LogP contribution in [0.3, 0.4) is 0 Å². The maximum atomic E-state index is 11.9. The number of rotatable bonds is 6. The van der Waals surface area contributed by atoms with Gasteiger partial charge in [0, 0.05) is 26.1 Å². The fourth-order valence-corrected chi connectivity index (χ4v) is 4.20. The molecule has 3 rings (SSSR count). The summed E-state index contributed by atoms with van der Waals surface area (Å²) in [7, 11) is -1.40. The molecule has 0 amide bonds. The zero-order valence-electron chi connectivity index (χ0n) is 16.8. The summed E-state index contributed by atoms with van der Waals surface area (Å²) < 4.78 is 64.5. The molecule has 1 atom stereocenters. The Bertz CT molecular complexity index is 824. The van der Waals surface area contributed by atoms with Gasteiger partial charge in [0.1, 0.15) is 5.69 Å². The number of carboxylic acid groups (broad SMARTS) is 1. The van der Waals surface area contributed by atoms with E-state index < -0.39 is 22.2 Å². The first-order valence-corrected chi connectivity index (χ1v) is 11.2. The molecule has 1 aromatic rings. The van der Waals surface area contributed by atoms with Gasteiger partial charge in [-0.2, -0.15) is 17.5 Å². The van der Waals surface area contributed by atoms with E-state index in [1.165, 1.54) is 23.4 Å². The molecule has 2 aliphatic heterocycles. The summed E-state index contributed by atoms with van der Waals surface area (Å²) in [4.78, 5) is 11.3. The third-order valence-corrected chi connectivity index (χ3v) is 6.08. The number of likely N-dealkylation sites (tertiary alicyclic amines) is 1. The van der Waals surface area contributed by atoms with Gasteiger partial charge in [-0.1, -0.05) is 5.21 Å². The lowest BCUT2D eigenvalue weighted by molar-refractivity contribution is -0.192. The van der Waals surface area contributed by atoms with Crippen LogP contribution in [-0.4, -0.2) is 95.5 Å². The lowest BCUT2D eigenvalue weighted by Gasteiger charge is -2.30. The van der Waals surface area contributed by atoms with Gasteiger partial charge in [-0.15, -0.1) is 5.10 Å². The fraction of sp³-hybridized carbons (Fsp3) is 0.812. The quantitative estimate of drug-likeness (QED) is 0.611. The SMILES string of the molecule is Cn1nnc2c1C(COCCN1CCCC1)CN(S(C)(=O)=O)C2.O=C(O)C(F)(F)F. The van der Waals surface area contributed by atoms with Crippen molar-refractivity contribution in [3.8, 4) is 0 Å². The van der Waals surface area contributed by atoms with E-state index in [9.17, 15) is 21.6 Å². The maximum absolute atomic E-state index is 11.9. The van der Waals surface area contributed by atoms with Gasteiger partial charge in [0.15, 0.2) is 0 Å². The van der Waals surface area contributed by atoms with Gasteiger partial charge < -0.3 is 14.7 Å². The molecule has 1 fully saturated rings. The van der Waals surface area contributed by atoms with E-state index in [1.54, 1.807) is 4.68 Å². The minimum Gasteiger partial charge on any atom is -0.475 e. The summed E-state index contributed by atoms with van der Waals surface area (Å²) >= 11 is 0. The van der Waals surface area contributed by atoms with Crippen LogP contribution >= 0.6 is 0 Å². The number of ether oxygens (including phenoxy) is 1. The summed E-state index contributed by atoms with van der Waals surface area (Å²) in [6, 6.07) is 0. The second-order valence-electron chi connectivity index (χ2n) is 7.22. The van der Waals surface area contributed by atoms with Gasteiger partial charge >= 0.3 is 12.1 Å². The molecular formula is C16H26F3N5O5S. The Morgan fingerprint density at radius 2 is 1.90 bits per heavy atom. The van der Waals surface area contributed by atoms with Crippen LogP contribution in [0.15, 0.2) is 0 Å². The second kappa shape index (κ2) is 10.0. The highest BCUT2D eigenvalue weighted by Gasteiger charge is 2.38. The number of alkyl halides is 3. The molecule has 14 heteroatoms. The molecule has 0 aliphatic carbocycles. The van der Waals surface area contributed by atoms with E-state index in [1.807, 2.05) is 7.05 Å². The van der Waals surface area contributed by atoms with Crippen molar-refractivity contribution in [3.63, 3.8) is 0 Å². The third kappa shape index (κ3) is 6.89. The topological polar surface area (TPSA) is 118 Å². The number of aromatic nitrogens is 3. The van der Waals surface area contributed by atoms with E-state index in [2.05, 4.69) is 15.2 Å². The molecule has 1 saturated heterocycles. The number of hydrogen-bond acceptors (Lipinski definition) is 7. The van der Waals surface area contributed by atoms with Gasteiger partial charge in [-0.05, 0) is 25.9 Å². The Hall–Kier alpha value is -1.77. The first-order valence-electron chi connectivity index (χ1n) is 9.33. The van der Waals surface area contributed by atoms with Crippen molar-refractivity contribution in [2.75, 3.05) is 45.6 Å². The van der Waals surface area contributed by atoms with Crippen LogP contribution in [0.2, 0.25) is 0 Å². The van der Waals surface area contributed by atoms with Crippen molar-refractivity contribution in [1.29, 1.82) is 0 Å². The molecule has 10 nitrogen and oxygen atoms in total. The molecule has 1 N–H and O–H groups in total. The Morgan fingerprint density at radius 3 is 2.43 bits per heavy atom. The summed E-state index contributed by atoms with van der Waals surface area (Å²) in [6.07, 6.45) is -1.30. The number of aryl methyl sites for hydroxylation is 1. The first-order chi connectivity index (χ1) is 13.9. The molecule has 0 aromatic carbocycles. The third-order valence-electron chi connectivity index (χ3n) is 4.86. The monoisotopic (exact) mass is 457 g/mol. The molecule has 1 unspecified atom stereocenters. The van der Waals surface area contributed by atoms with Crippen molar-refractivity contribution >= 4 is 16.0 Å². The normalized spacial score (nSPS) is 20.5. The van der Waals surface area contributed by atoms with Crippen molar-refractivity contribution in [2.24, 2.45) is 7.05 Å². The van der Waals surface area contributed by atoms with E-state index in [0.29, 0.717) is 26.3 Å². The Labute approximate surface area is 172 Å². The van der Waals surface area contributed by atoms with Crippen LogP contribution in [0.4, 0.5) is 13.2 Å². The smallest absolute Gasteiger partial charge is 0.475 e. The fourth-order valence-electron chi connectivity index (χ4n) is 3.39. The van der Waals surface area contributed by atoms with Gasteiger partial charge in [0.05, 0.1) is 31.7 Å². The zero-order chi connectivity index (χ0) is 22.5. The van der Waals surface area contributed by atoms with Crippen LogP contribution in [0.1, 0.15) is 30.1 Å². The second-order valence-corrected chi connectivity index (χ2v) is 9.21. The number of fused-ring (bicyclic) bond motifs is 1. The summed E-state index contributed by atoms with van der Waals surface area (Å²) in [6.45, 7) is 5.15. The number of carbonyl (C=O) groups is 1. The van der Waals surface area contributed by atoms with Gasteiger partial charge in [0.25, 0.3) is 0 Å². The standard InChI is InChI=1S/C14H25N5O3S.C2HF3O2/c1-17-14-12(11-22-8-7-18-5-3-4-6-18)9-19(23(2,20)21)10-13(14)15-16-17;3-2(4,5)1(6)7/h12H,3-11H2,1-2H3;(H,6,7). The minimum atomic E-state index is -5.08. The van der Waals surface area contributed by atoms with Crippen LogP contribution < -0.4 is 0 Å². The number of hydrogen-bond donors (Lipinski definition) is 1. The zero-order valence-corrected chi connectivity index (χ0v) is 17.6. The van der Waals surface area contributed by atoms with Gasteiger partial charge in [0.2, 0.25) is 10.0 Å². The molecule has 1 aromatic heterocycles. The Balaban J connectivity index is 0.000000396. The van der Waals surface area contributed by atoms with Gasteiger partial charge in [-0.3, -0.25) is 4.68 Å². The lowest BCUT2D eigenvalue weighted by Crippen LogP contribution is -2.39. The first kappa shape index (κ1) is 24.5. The molecular weight excluding hydrogens is 431 g/mol. The summed E-state index contributed by atoms with van der Waals surface area (Å²) in [5.41, 5.74) is 1.73. The molecule has 0 spiro atoms. The van der Waals surface area contributed by atoms with Crippen LogP contribution in [0.5, 0.6) is 0 Å². The van der Waals surface area contributed by atoms with E-state index in [-0.39, 0.29) is 5.92 Å². The number of halogens is 3. The minimum absolute atomic E-state index is 0.0212. The molecule has 30 heavy (non-hydrogen) atoms. The average Bonchev–Trinajstić information content (AvgIpc) is 3.27. The number of sulfonamides is 1. The lowest BCUT2D eigenvalue weighted by atomic mass is 10.0. The highest BCUT2D eigenvalue weighted by molar-refractivity contribution is 7.88. The predicted octanol–water partition coefficient (Wildman–Crippen LogP) is 0.420. The molecule has 0 radical (unpaired) electrons. The van der Waals surface area contributed by atoms with E-state index >= 15 is 0 Å². The van der Waals surface area contributed by atoms with Crippen LogP contribution in [0, 0.1) is 0 Å². The average molecular weight is 457 g/mol. The molecule has 172 valence electrons. The van der Waals surface area contributed by atoms with Crippen molar-refractivity contribution in [1.82, 2.24) is 24.2 Å². The number of carboxylic acids is 1. The summed E-state index contributed by atoms with van der Waals surface area (Å²) in [5, 5.41) is 15.3. The van der Waals surface area contributed by atoms with E-state index in [0.717, 1.165) is 31.0 Å². The van der Waals surface area contributed by atoms with Crippen molar-refractivity contribution in [3.05, 3.63) is 11.4 Å². The van der Waals surface area contributed by atoms with Crippen molar-refractivity contribution in [2.45, 2.75) is 31.5 Å². The molecule has 0 saturated carbocycles. The number of nitrogens with zero attached hydrogens (tertiary/aromatic N) is 5. The largest absolute Gasteiger partial charge is 0.490 e. The van der Waals surface area contributed by atoms with E-state index in [4.69, 9.17) is 14.6 Å². The maximum Gasteiger partial charge on any atom is 0.490 e. The Kier molecular flexibility index (Phi) is 8.19. The molecule has 3 heterocycles. The highest BCUT2D eigenvalue weighted by Crippen LogP contribution is 2.28. The van der Waals surface area contributed by atoms with Gasteiger partial charge in [-0.25, -0.2) is 13.2 Å². The predicted molar refractivity (Wildman–Crippen MR) is 99.2 cm³/mol. The summed E-state index contributed by atoms with van der Waals surface area (Å²) in [5.74, 6) is -2.78. The van der Waals surface area contributed by atoms with Crippen molar-refractivity contribution < 1.29 is 36.2 Å². The molecule has 2 aliphatic rings. The Morgan fingerprint density at radius 1 is 1.30 bits per heavy atom. The highest BCUT2D eigenvalue weighted by atomic mass is 32.2. The molecule has 0 bridgehead atoms.